The number of hydrogen-bond donors (Lipinski definition) is 4. The number of aromatic amines is 1. The molecule has 0 saturated heterocycles. The molecule has 15 nitrogen and oxygen atoms in total. The molecule has 0 fully saturated rings. The molecule has 0 aliphatic heterocycles. The number of amides is 2. The minimum absolute atomic E-state index is 0.00582. The number of Topliss-reactive ketones (excluding diaryl/α,β-unsaturated/α-hetero) is 1. The van der Waals surface area contributed by atoms with E-state index in [0.29, 0.717) is 0 Å². The van der Waals surface area contributed by atoms with Gasteiger partial charge in [-0.15, -0.1) is 0 Å². The van der Waals surface area contributed by atoms with Crippen molar-refractivity contribution in [1.82, 2.24) is 9.97 Å². The zero-order valence-corrected chi connectivity index (χ0v) is 18.4. The van der Waals surface area contributed by atoms with E-state index in [9.17, 15) is 34.1 Å². The molecule has 2 amide bonds. The summed E-state index contributed by atoms with van der Waals surface area (Å²) in [6.45, 7) is 0. The van der Waals surface area contributed by atoms with Crippen LogP contribution in [0, 0.1) is 10.1 Å². The van der Waals surface area contributed by atoms with Crippen LogP contribution in [0.3, 0.4) is 0 Å². The summed E-state index contributed by atoms with van der Waals surface area (Å²) in [7, 11) is 0.900. The summed E-state index contributed by atoms with van der Waals surface area (Å²) in [5.41, 5.74) is 2.23. The molecule has 3 aromatic rings. The molecule has 0 bridgehead atoms. The van der Waals surface area contributed by atoms with Crippen LogP contribution in [0.15, 0.2) is 52.4 Å². The van der Waals surface area contributed by atoms with Gasteiger partial charge in [-0.1, -0.05) is 12.1 Å². The topological polar surface area (TPSA) is 243 Å². The zero-order chi connectivity index (χ0) is 26.6. The van der Waals surface area contributed by atoms with Gasteiger partial charge in [0.15, 0.2) is 0 Å². The lowest BCUT2D eigenvalue weighted by atomic mass is 9.93. The Labute approximate surface area is 200 Å². The van der Waals surface area contributed by atoms with Gasteiger partial charge in [-0.2, -0.15) is 5.10 Å². The smallest absolute Gasteiger partial charge is 0.375 e. The molecule has 2 aromatic carbocycles. The first kappa shape index (κ1) is 25.2. The van der Waals surface area contributed by atoms with Gasteiger partial charge in [0.1, 0.15) is 17.3 Å². The number of nitrogens with zero attached hydrogens (tertiary/aromatic N) is 3. The van der Waals surface area contributed by atoms with Crippen molar-refractivity contribution in [2.24, 2.45) is 16.7 Å². The number of nitrogens with two attached hydrogens (primary N) is 2. The summed E-state index contributed by atoms with van der Waals surface area (Å²) >= 11 is 0. The minimum atomic E-state index is -2.04. The molecule has 0 saturated carbocycles. The summed E-state index contributed by atoms with van der Waals surface area (Å²) in [5.74, 6) is -1.53. The number of anilines is 1. The highest BCUT2D eigenvalue weighted by molar-refractivity contribution is 6.54. The lowest BCUT2D eigenvalue weighted by Gasteiger charge is -2.16. The number of nitro groups is 1. The van der Waals surface area contributed by atoms with Gasteiger partial charge in [0.05, 0.1) is 34.3 Å². The molecule has 1 heterocycles. The van der Waals surface area contributed by atoms with Crippen LogP contribution >= 0.6 is 0 Å². The summed E-state index contributed by atoms with van der Waals surface area (Å²) < 4.78 is 4.43. The Morgan fingerprint density at radius 2 is 1.89 bits per heavy atom. The average Bonchev–Trinajstić information content (AvgIpc) is 2.85. The first-order valence-electron chi connectivity index (χ1n) is 9.87. The molecule has 36 heavy (non-hydrogen) atoms. The SMILES string of the molecule is COC(=O)C(=O)[C@@H](/C(=N/N)C(=O)Nc1ccccc1C(N)=O)c1nc2ccc([N+](=O)[O-])cc2[nH]c1=O. The lowest BCUT2D eigenvalue weighted by molar-refractivity contribution is -0.384. The molecular weight excluding hydrogens is 478 g/mol. The first-order valence-corrected chi connectivity index (χ1v) is 9.87. The van der Waals surface area contributed by atoms with Crippen LogP contribution < -0.4 is 22.5 Å². The number of para-hydroxylation sites is 1. The van der Waals surface area contributed by atoms with Crippen LogP contribution in [0.1, 0.15) is 22.0 Å². The third-order valence-corrected chi connectivity index (χ3v) is 4.92. The first-order chi connectivity index (χ1) is 17.1. The largest absolute Gasteiger partial charge is 0.463 e. The molecule has 1 atom stereocenters. The van der Waals surface area contributed by atoms with E-state index in [0.717, 1.165) is 19.2 Å². The Bertz CT molecular complexity index is 1510. The second-order valence-corrected chi connectivity index (χ2v) is 7.08. The van der Waals surface area contributed by atoms with Crippen molar-refractivity contribution in [3.63, 3.8) is 0 Å². The molecule has 0 radical (unpaired) electrons. The number of hydrazone groups is 1. The molecule has 0 unspecified atom stereocenters. The Morgan fingerprint density at radius 1 is 1.19 bits per heavy atom. The van der Waals surface area contributed by atoms with Gasteiger partial charge in [0, 0.05) is 12.1 Å². The maximum atomic E-state index is 13.0. The monoisotopic (exact) mass is 495 g/mol. The molecule has 0 spiro atoms. The van der Waals surface area contributed by atoms with Crippen molar-refractivity contribution in [2.75, 3.05) is 12.4 Å². The number of aromatic nitrogens is 2. The number of fused-ring (bicyclic) bond motifs is 1. The van der Waals surface area contributed by atoms with Crippen molar-refractivity contribution >= 4 is 51.7 Å². The van der Waals surface area contributed by atoms with Gasteiger partial charge in [-0.3, -0.25) is 29.3 Å². The number of carbonyl (C=O) groups excluding carboxylic acids is 4. The number of carbonyl (C=O) groups is 4. The van der Waals surface area contributed by atoms with Crippen LogP contribution in [0.25, 0.3) is 11.0 Å². The quantitative estimate of drug-likeness (QED) is 0.0794. The molecule has 15 heteroatoms. The molecular formula is C21H17N7O8. The van der Waals surface area contributed by atoms with Gasteiger partial charge < -0.3 is 26.6 Å². The Hall–Kier alpha value is -5.47. The standard InChI is InChI=1S/C21H17N7O8/c1-36-21(33)17(29)14(15-19(31)26-13-8-9(28(34)35)6-7-12(13)24-15)16(27-23)20(32)25-11-5-3-2-4-10(11)18(22)30/h2-8,14H,23H2,1H3,(H2,22,30)(H,25,32)(H,26,31)/b27-16-/t14-/m1/s1. The Balaban J connectivity index is 2.15. The van der Waals surface area contributed by atoms with Crippen LogP contribution in [-0.4, -0.2) is 51.3 Å². The van der Waals surface area contributed by atoms with E-state index in [1.807, 2.05) is 0 Å². The molecule has 0 aliphatic carbocycles. The number of methoxy groups -OCH3 is 1. The van der Waals surface area contributed by atoms with E-state index < -0.39 is 51.4 Å². The molecule has 184 valence electrons. The van der Waals surface area contributed by atoms with Crippen LogP contribution in [0.4, 0.5) is 11.4 Å². The number of nitro benzene ring substituents is 1. The number of nitrogens with one attached hydrogen (secondary N) is 2. The fraction of sp³-hybridized carbons (Fsp3) is 0.0952. The average molecular weight is 495 g/mol. The van der Waals surface area contributed by atoms with Crippen molar-refractivity contribution in [1.29, 1.82) is 0 Å². The zero-order valence-electron chi connectivity index (χ0n) is 18.4. The molecule has 3 rings (SSSR count). The molecule has 6 N–H and O–H groups in total. The molecule has 1 aromatic heterocycles. The maximum absolute atomic E-state index is 13.0. The predicted octanol–water partition coefficient (Wildman–Crippen LogP) is -0.291. The number of H-pyrrole nitrogens is 1. The summed E-state index contributed by atoms with van der Waals surface area (Å²) in [4.78, 5) is 79.2. The highest BCUT2D eigenvalue weighted by atomic mass is 16.6. The molecule has 0 aliphatic rings. The maximum Gasteiger partial charge on any atom is 0.375 e. The van der Waals surface area contributed by atoms with Crippen molar-refractivity contribution < 1.29 is 28.8 Å². The number of hydrogen-bond acceptors (Lipinski definition) is 11. The highest BCUT2D eigenvalue weighted by Crippen LogP contribution is 2.22. The third kappa shape index (κ3) is 4.89. The van der Waals surface area contributed by atoms with Gasteiger partial charge >= 0.3 is 5.97 Å². The second-order valence-electron chi connectivity index (χ2n) is 7.08. The lowest BCUT2D eigenvalue weighted by Crippen LogP contribution is -2.40. The number of esters is 1. The number of rotatable bonds is 8. The van der Waals surface area contributed by atoms with E-state index in [2.05, 4.69) is 25.1 Å². The van der Waals surface area contributed by atoms with Crippen LogP contribution in [-0.2, 0) is 19.1 Å². The van der Waals surface area contributed by atoms with Crippen molar-refractivity contribution in [2.45, 2.75) is 5.92 Å². The van der Waals surface area contributed by atoms with E-state index >= 15 is 0 Å². The van der Waals surface area contributed by atoms with Gasteiger partial charge in [0.2, 0.25) is 0 Å². The fourth-order valence-electron chi connectivity index (χ4n) is 3.25. The third-order valence-electron chi connectivity index (χ3n) is 4.92. The Kier molecular flexibility index (Phi) is 7.13. The number of benzene rings is 2. The van der Waals surface area contributed by atoms with Crippen molar-refractivity contribution in [3.05, 3.63) is 74.2 Å². The normalized spacial score (nSPS) is 12.0. The van der Waals surface area contributed by atoms with E-state index in [4.69, 9.17) is 11.6 Å². The fourth-order valence-corrected chi connectivity index (χ4v) is 3.25. The number of ether oxygens (including phenoxy) is 1. The van der Waals surface area contributed by atoms with Gasteiger partial charge in [0.25, 0.3) is 28.8 Å². The second kappa shape index (κ2) is 10.2. The highest BCUT2D eigenvalue weighted by Gasteiger charge is 2.39. The van der Waals surface area contributed by atoms with E-state index in [1.165, 1.54) is 30.3 Å². The summed E-state index contributed by atoms with van der Waals surface area (Å²) in [5, 5.41) is 16.6. The Morgan fingerprint density at radius 3 is 2.50 bits per heavy atom. The van der Waals surface area contributed by atoms with Crippen LogP contribution in [0.2, 0.25) is 0 Å². The van der Waals surface area contributed by atoms with Crippen molar-refractivity contribution in [3.8, 4) is 0 Å². The van der Waals surface area contributed by atoms with Gasteiger partial charge in [-0.25, -0.2) is 9.78 Å². The number of primary amides is 1. The number of non-ortho nitro benzene ring substituents is 1. The van der Waals surface area contributed by atoms with Crippen LogP contribution in [0.5, 0.6) is 0 Å². The minimum Gasteiger partial charge on any atom is -0.463 e. The summed E-state index contributed by atoms with van der Waals surface area (Å²) in [6.07, 6.45) is 0. The van der Waals surface area contributed by atoms with E-state index in [1.54, 1.807) is 0 Å². The van der Waals surface area contributed by atoms with E-state index in [-0.39, 0.29) is 28.0 Å². The predicted molar refractivity (Wildman–Crippen MR) is 124 cm³/mol. The number of ketones is 1. The van der Waals surface area contributed by atoms with Gasteiger partial charge in [-0.05, 0) is 18.2 Å². The summed E-state index contributed by atoms with van der Waals surface area (Å²) in [6, 6.07) is 8.94.